The first-order chi connectivity index (χ1) is 16.5. The minimum Gasteiger partial charge on any atom is -0.367 e. The minimum atomic E-state index is -0.651. The van der Waals surface area contributed by atoms with E-state index >= 15 is 0 Å². The standard InChI is InChI=1S/C27H30BrClN4O/c1-18-27(26(34)33(30-18)22-8-6-21(29)7-9-22)17-19-15-20(28)5-10-24(19)32-14-11-23(16-25(27)32)31-12-3-2-4-13-31/h5-10,15,23,25H,2-4,11-14,16-17H2,1H3. The van der Waals surface area contributed by atoms with Crippen molar-refractivity contribution in [1.29, 1.82) is 0 Å². The number of piperidine rings is 2. The second-order valence-electron chi connectivity index (χ2n) is 10.2. The van der Waals surface area contributed by atoms with Gasteiger partial charge in [-0.15, -0.1) is 0 Å². The zero-order valence-corrected chi connectivity index (χ0v) is 21.9. The fraction of sp³-hybridized carbons (Fsp3) is 0.481. The van der Waals surface area contributed by atoms with Gasteiger partial charge in [0.1, 0.15) is 5.41 Å². The summed E-state index contributed by atoms with van der Waals surface area (Å²) in [6.07, 6.45) is 6.75. The number of benzene rings is 2. The number of amides is 1. The first kappa shape index (κ1) is 22.6. The van der Waals surface area contributed by atoms with E-state index in [0.717, 1.165) is 35.3 Å². The number of hydrogen-bond donors (Lipinski definition) is 0. The third-order valence-corrected chi connectivity index (χ3v) is 9.16. The summed E-state index contributed by atoms with van der Waals surface area (Å²) in [6.45, 7) is 5.40. The maximum atomic E-state index is 14.3. The normalized spacial score (nSPS) is 29.3. The van der Waals surface area contributed by atoms with Crippen LogP contribution < -0.4 is 9.91 Å². The Morgan fingerprint density at radius 2 is 1.82 bits per heavy atom. The first-order valence-electron chi connectivity index (χ1n) is 12.4. The zero-order valence-electron chi connectivity index (χ0n) is 19.5. The van der Waals surface area contributed by atoms with E-state index in [1.54, 1.807) is 5.01 Å². The number of halogens is 2. The van der Waals surface area contributed by atoms with E-state index in [1.807, 2.05) is 24.3 Å². The van der Waals surface area contributed by atoms with Gasteiger partial charge in [0.05, 0.1) is 17.4 Å². The topological polar surface area (TPSA) is 39.2 Å². The lowest BCUT2D eigenvalue weighted by Gasteiger charge is -2.54. The molecule has 1 amide bonds. The third kappa shape index (κ3) is 3.52. The lowest BCUT2D eigenvalue weighted by atomic mass is 9.65. The van der Waals surface area contributed by atoms with Gasteiger partial charge in [-0.25, -0.2) is 0 Å². The summed E-state index contributed by atoms with van der Waals surface area (Å²) < 4.78 is 1.05. The third-order valence-electron chi connectivity index (χ3n) is 8.41. The number of rotatable bonds is 2. The molecular formula is C27H30BrClN4O. The van der Waals surface area contributed by atoms with Gasteiger partial charge < -0.3 is 9.80 Å². The second kappa shape index (κ2) is 8.65. The van der Waals surface area contributed by atoms with E-state index in [9.17, 15) is 4.79 Å². The molecule has 0 radical (unpaired) electrons. The summed E-state index contributed by atoms with van der Waals surface area (Å²) in [5.41, 5.74) is 3.55. The Labute approximate surface area is 214 Å². The smallest absolute Gasteiger partial charge is 0.261 e. The molecule has 0 aliphatic carbocycles. The molecule has 2 saturated heterocycles. The van der Waals surface area contributed by atoms with Crippen LogP contribution in [0.3, 0.4) is 0 Å². The molecule has 0 saturated carbocycles. The summed E-state index contributed by atoms with van der Waals surface area (Å²) in [4.78, 5) is 19.5. The highest BCUT2D eigenvalue weighted by Crippen LogP contribution is 2.50. The largest absolute Gasteiger partial charge is 0.367 e. The van der Waals surface area contributed by atoms with Crippen LogP contribution in [-0.2, 0) is 11.2 Å². The average Bonchev–Trinajstić information content (AvgIpc) is 3.10. The Kier molecular flexibility index (Phi) is 5.74. The molecule has 7 heteroatoms. The Morgan fingerprint density at radius 1 is 1.06 bits per heavy atom. The fourth-order valence-corrected chi connectivity index (χ4v) is 7.22. The van der Waals surface area contributed by atoms with Gasteiger partial charge in [0.2, 0.25) is 0 Å². The van der Waals surface area contributed by atoms with Crippen molar-refractivity contribution < 1.29 is 4.79 Å². The predicted molar refractivity (Wildman–Crippen MR) is 142 cm³/mol. The lowest BCUT2D eigenvalue weighted by molar-refractivity contribution is -0.125. The molecule has 3 atom stereocenters. The number of hydrazone groups is 1. The lowest BCUT2D eigenvalue weighted by Crippen LogP contribution is -2.64. The van der Waals surface area contributed by atoms with Crippen molar-refractivity contribution in [3.05, 3.63) is 57.5 Å². The number of fused-ring (bicyclic) bond motifs is 4. The molecule has 0 aromatic heterocycles. The molecule has 2 fully saturated rings. The summed E-state index contributed by atoms with van der Waals surface area (Å²) in [5.74, 6) is 0.0900. The van der Waals surface area contributed by atoms with E-state index in [0.29, 0.717) is 17.5 Å². The molecule has 4 aliphatic rings. The molecular weight excluding hydrogens is 512 g/mol. The minimum absolute atomic E-state index is 0.0900. The van der Waals surface area contributed by atoms with Gasteiger partial charge in [-0.05, 0) is 100 Å². The van der Waals surface area contributed by atoms with Crippen LogP contribution >= 0.6 is 27.5 Å². The SMILES string of the molecule is CC1=NN(c2ccc(Cl)cc2)C(=O)C12Cc1cc(Br)ccc1N1CCC(N3CCCCC3)CC12. The Bertz CT molecular complexity index is 1150. The van der Waals surface area contributed by atoms with Crippen LogP contribution in [0.1, 0.15) is 44.6 Å². The summed E-state index contributed by atoms with van der Waals surface area (Å²) in [7, 11) is 0. The van der Waals surface area contributed by atoms with E-state index in [1.165, 1.54) is 43.6 Å². The zero-order chi connectivity index (χ0) is 23.4. The molecule has 1 spiro atoms. The summed E-state index contributed by atoms with van der Waals surface area (Å²) in [6, 6.07) is 14.6. The van der Waals surface area contributed by atoms with E-state index in [4.69, 9.17) is 16.7 Å². The van der Waals surface area contributed by atoms with Crippen molar-refractivity contribution in [1.82, 2.24) is 4.90 Å². The molecule has 6 rings (SSSR count). The molecule has 4 heterocycles. The number of anilines is 2. The predicted octanol–water partition coefficient (Wildman–Crippen LogP) is 5.89. The highest BCUT2D eigenvalue weighted by Gasteiger charge is 2.60. The number of likely N-dealkylation sites (tertiary alicyclic amines) is 1. The highest BCUT2D eigenvalue weighted by atomic mass is 79.9. The quantitative estimate of drug-likeness (QED) is 0.476. The van der Waals surface area contributed by atoms with Crippen LogP contribution in [0.15, 0.2) is 52.0 Å². The summed E-state index contributed by atoms with van der Waals surface area (Å²) >= 11 is 9.78. The monoisotopic (exact) mass is 540 g/mol. The van der Waals surface area contributed by atoms with E-state index in [2.05, 4.69) is 50.9 Å². The van der Waals surface area contributed by atoms with Crippen LogP contribution in [0.5, 0.6) is 0 Å². The first-order valence-corrected chi connectivity index (χ1v) is 13.6. The van der Waals surface area contributed by atoms with Crippen LogP contribution in [0.4, 0.5) is 11.4 Å². The van der Waals surface area contributed by atoms with Gasteiger partial charge in [-0.3, -0.25) is 4.79 Å². The average molecular weight is 542 g/mol. The van der Waals surface area contributed by atoms with Crippen LogP contribution in [0.2, 0.25) is 5.02 Å². The van der Waals surface area contributed by atoms with Gasteiger partial charge in [0, 0.05) is 27.8 Å². The van der Waals surface area contributed by atoms with Crippen molar-refractivity contribution in [3.63, 3.8) is 0 Å². The Hall–Kier alpha value is -1.89. The highest BCUT2D eigenvalue weighted by molar-refractivity contribution is 9.10. The van der Waals surface area contributed by atoms with Gasteiger partial charge in [0.15, 0.2) is 0 Å². The second-order valence-corrected chi connectivity index (χ2v) is 11.5. The maximum Gasteiger partial charge on any atom is 0.261 e. The Balaban J connectivity index is 1.42. The van der Waals surface area contributed by atoms with Crippen molar-refractivity contribution in [3.8, 4) is 0 Å². The van der Waals surface area contributed by atoms with Crippen LogP contribution in [0, 0.1) is 5.41 Å². The molecule has 0 N–H and O–H groups in total. The number of hydrogen-bond acceptors (Lipinski definition) is 4. The number of carbonyl (C=O) groups is 1. The molecule has 2 aromatic rings. The van der Waals surface area contributed by atoms with Gasteiger partial charge in [-0.2, -0.15) is 10.1 Å². The van der Waals surface area contributed by atoms with E-state index in [-0.39, 0.29) is 11.9 Å². The van der Waals surface area contributed by atoms with Crippen LogP contribution in [0.25, 0.3) is 0 Å². The molecule has 5 nitrogen and oxygen atoms in total. The van der Waals surface area contributed by atoms with Crippen molar-refractivity contribution >= 4 is 50.5 Å². The molecule has 34 heavy (non-hydrogen) atoms. The van der Waals surface area contributed by atoms with Crippen molar-refractivity contribution in [2.45, 2.75) is 57.5 Å². The fourth-order valence-electron chi connectivity index (χ4n) is 6.68. The maximum absolute atomic E-state index is 14.3. The number of nitrogens with zero attached hydrogens (tertiary/aromatic N) is 4. The summed E-state index contributed by atoms with van der Waals surface area (Å²) in [5, 5.41) is 7.16. The van der Waals surface area contributed by atoms with Crippen LogP contribution in [-0.4, -0.2) is 48.2 Å². The van der Waals surface area contributed by atoms with Gasteiger partial charge in [0.25, 0.3) is 5.91 Å². The molecule has 178 valence electrons. The van der Waals surface area contributed by atoms with Gasteiger partial charge in [-0.1, -0.05) is 34.0 Å². The molecule has 4 aliphatic heterocycles. The molecule has 3 unspecified atom stereocenters. The Morgan fingerprint density at radius 3 is 2.59 bits per heavy atom. The molecule has 2 aromatic carbocycles. The van der Waals surface area contributed by atoms with Crippen molar-refractivity contribution in [2.24, 2.45) is 10.5 Å². The number of carbonyl (C=O) groups excluding carboxylic acids is 1. The molecule has 0 bridgehead atoms. The van der Waals surface area contributed by atoms with E-state index < -0.39 is 5.41 Å². The van der Waals surface area contributed by atoms with Gasteiger partial charge >= 0.3 is 0 Å². The van der Waals surface area contributed by atoms with Crippen molar-refractivity contribution in [2.75, 3.05) is 29.5 Å².